The van der Waals surface area contributed by atoms with E-state index in [0.29, 0.717) is 29.9 Å². The van der Waals surface area contributed by atoms with Crippen molar-refractivity contribution in [2.45, 2.75) is 57.8 Å². The zero-order valence-electron chi connectivity index (χ0n) is 15.6. The molecule has 0 aliphatic heterocycles. The van der Waals surface area contributed by atoms with Crippen molar-refractivity contribution in [2.75, 3.05) is 4.90 Å². The molecule has 0 amide bonds. The molecule has 6 nitrogen and oxygen atoms in total. The number of fused-ring (bicyclic) bond motifs is 1. The molecule has 3 heterocycles. The van der Waals surface area contributed by atoms with Crippen LogP contribution < -0.4 is 4.90 Å². The van der Waals surface area contributed by atoms with Gasteiger partial charge in [0.25, 0.3) is 11.6 Å². The SMILES string of the molecule is Cc1cc(N(Cc2ccc([C@@H]3C[C@H]3C)o2)C2CC2)n2nc(C(F)(F)F)nc2n1. The van der Waals surface area contributed by atoms with Crippen LogP contribution in [-0.4, -0.2) is 25.6 Å². The monoisotopic (exact) mass is 391 g/mol. The first-order chi connectivity index (χ1) is 13.3. The Morgan fingerprint density at radius 3 is 2.64 bits per heavy atom. The highest BCUT2D eigenvalue weighted by Gasteiger charge is 2.39. The largest absolute Gasteiger partial charge is 0.464 e. The molecule has 0 radical (unpaired) electrons. The number of aryl methyl sites for hydroxylation is 1. The van der Waals surface area contributed by atoms with Crippen LogP contribution in [0.15, 0.2) is 22.6 Å². The Hall–Kier alpha value is -2.58. The van der Waals surface area contributed by atoms with Gasteiger partial charge in [0.1, 0.15) is 17.3 Å². The van der Waals surface area contributed by atoms with E-state index in [2.05, 4.69) is 26.9 Å². The number of alkyl halides is 3. The molecule has 0 unspecified atom stereocenters. The summed E-state index contributed by atoms with van der Waals surface area (Å²) in [6, 6.07) is 5.98. The Bertz CT molecular complexity index is 1040. The van der Waals surface area contributed by atoms with Gasteiger partial charge in [0.15, 0.2) is 0 Å². The molecular weight excluding hydrogens is 371 g/mol. The van der Waals surface area contributed by atoms with Crippen LogP contribution in [0.1, 0.15) is 55.1 Å². The van der Waals surface area contributed by atoms with E-state index in [0.717, 1.165) is 30.8 Å². The van der Waals surface area contributed by atoms with Crippen molar-refractivity contribution >= 4 is 11.6 Å². The molecule has 0 N–H and O–H groups in total. The third kappa shape index (κ3) is 3.12. The molecule has 3 aromatic heterocycles. The maximum atomic E-state index is 13.1. The number of anilines is 1. The normalized spacial score (nSPS) is 22.0. The molecule has 148 valence electrons. The Kier molecular flexibility index (Phi) is 3.73. The maximum absolute atomic E-state index is 13.1. The fourth-order valence-electron chi connectivity index (χ4n) is 3.64. The van der Waals surface area contributed by atoms with Crippen LogP contribution in [0.3, 0.4) is 0 Å². The van der Waals surface area contributed by atoms with Crippen molar-refractivity contribution in [3.05, 3.63) is 41.2 Å². The minimum Gasteiger partial charge on any atom is -0.464 e. The zero-order chi connectivity index (χ0) is 19.6. The highest BCUT2D eigenvalue weighted by atomic mass is 19.4. The summed E-state index contributed by atoms with van der Waals surface area (Å²) in [5.74, 6) is 2.28. The van der Waals surface area contributed by atoms with Gasteiger partial charge in [0, 0.05) is 23.7 Å². The number of hydrogen-bond donors (Lipinski definition) is 0. The number of aromatic nitrogens is 4. The fraction of sp³-hybridized carbons (Fsp3) is 0.526. The Balaban J connectivity index is 1.52. The first-order valence-corrected chi connectivity index (χ1v) is 9.46. The van der Waals surface area contributed by atoms with Crippen LogP contribution in [0.25, 0.3) is 5.78 Å². The molecule has 2 aliphatic rings. The lowest BCUT2D eigenvalue weighted by molar-refractivity contribution is -0.144. The molecule has 2 atom stereocenters. The van der Waals surface area contributed by atoms with Gasteiger partial charge in [-0.25, -0.2) is 4.98 Å². The van der Waals surface area contributed by atoms with Gasteiger partial charge in [0.05, 0.1) is 6.54 Å². The minimum atomic E-state index is -4.61. The molecule has 0 aromatic carbocycles. The van der Waals surface area contributed by atoms with Crippen LogP contribution >= 0.6 is 0 Å². The number of nitrogens with zero attached hydrogens (tertiary/aromatic N) is 5. The Morgan fingerprint density at radius 1 is 1.25 bits per heavy atom. The van der Waals surface area contributed by atoms with E-state index in [1.807, 2.05) is 12.1 Å². The lowest BCUT2D eigenvalue weighted by Gasteiger charge is -2.24. The molecule has 3 aromatic rings. The minimum absolute atomic E-state index is 0.0417. The molecule has 2 fully saturated rings. The van der Waals surface area contributed by atoms with Gasteiger partial charge in [-0.05, 0) is 44.2 Å². The summed E-state index contributed by atoms with van der Waals surface area (Å²) in [5, 5.41) is 3.70. The van der Waals surface area contributed by atoms with Gasteiger partial charge in [-0.1, -0.05) is 6.92 Å². The lowest BCUT2D eigenvalue weighted by atomic mass is 10.3. The van der Waals surface area contributed by atoms with E-state index in [4.69, 9.17) is 4.42 Å². The summed E-state index contributed by atoms with van der Waals surface area (Å²) in [6.45, 7) is 4.42. The quantitative estimate of drug-likeness (QED) is 0.648. The van der Waals surface area contributed by atoms with Crippen molar-refractivity contribution in [3.63, 3.8) is 0 Å². The summed E-state index contributed by atoms with van der Waals surface area (Å²) in [4.78, 5) is 9.76. The summed E-state index contributed by atoms with van der Waals surface area (Å²) in [7, 11) is 0. The van der Waals surface area contributed by atoms with Gasteiger partial charge in [0.2, 0.25) is 0 Å². The predicted octanol–water partition coefficient (Wildman–Crippen LogP) is 4.34. The number of furan rings is 1. The topological polar surface area (TPSA) is 59.5 Å². The first kappa shape index (κ1) is 17.5. The Labute approximate surface area is 159 Å². The Morgan fingerprint density at radius 2 is 2.00 bits per heavy atom. The van der Waals surface area contributed by atoms with Crippen LogP contribution in [0.4, 0.5) is 19.0 Å². The average molecular weight is 391 g/mol. The van der Waals surface area contributed by atoms with Gasteiger partial charge in [-0.15, -0.1) is 5.10 Å². The average Bonchev–Trinajstić information content (AvgIpc) is 3.49. The molecule has 0 spiro atoms. The van der Waals surface area contributed by atoms with Crippen molar-refractivity contribution < 1.29 is 17.6 Å². The fourth-order valence-corrected chi connectivity index (χ4v) is 3.64. The second kappa shape index (κ2) is 5.96. The van der Waals surface area contributed by atoms with Crippen LogP contribution in [0, 0.1) is 12.8 Å². The van der Waals surface area contributed by atoms with Gasteiger partial charge >= 0.3 is 6.18 Å². The smallest absolute Gasteiger partial charge is 0.453 e. The van der Waals surface area contributed by atoms with E-state index < -0.39 is 12.0 Å². The summed E-state index contributed by atoms with van der Waals surface area (Å²) in [5.41, 5.74) is 0.598. The highest BCUT2D eigenvalue weighted by molar-refractivity contribution is 5.49. The predicted molar refractivity (Wildman–Crippen MR) is 95.0 cm³/mol. The zero-order valence-corrected chi connectivity index (χ0v) is 15.6. The van der Waals surface area contributed by atoms with E-state index in [-0.39, 0.29) is 11.8 Å². The second-order valence-electron chi connectivity index (χ2n) is 7.88. The van der Waals surface area contributed by atoms with Crippen LogP contribution in [0.5, 0.6) is 0 Å². The third-order valence-corrected chi connectivity index (χ3v) is 5.44. The van der Waals surface area contributed by atoms with Gasteiger partial charge in [-0.3, -0.25) is 0 Å². The molecule has 0 bridgehead atoms. The lowest BCUT2D eigenvalue weighted by Crippen LogP contribution is -2.27. The third-order valence-electron chi connectivity index (χ3n) is 5.44. The number of halogens is 3. The molecule has 2 aliphatic carbocycles. The van der Waals surface area contributed by atoms with Crippen molar-refractivity contribution in [1.29, 1.82) is 0 Å². The van der Waals surface area contributed by atoms with Crippen LogP contribution in [0.2, 0.25) is 0 Å². The van der Waals surface area contributed by atoms with Crippen LogP contribution in [-0.2, 0) is 12.7 Å². The van der Waals surface area contributed by atoms with Crippen molar-refractivity contribution in [2.24, 2.45) is 5.92 Å². The summed E-state index contributed by atoms with van der Waals surface area (Å²) >= 11 is 0. The second-order valence-corrected chi connectivity index (χ2v) is 7.88. The molecule has 0 saturated heterocycles. The molecule has 28 heavy (non-hydrogen) atoms. The van der Waals surface area contributed by atoms with Crippen molar-refractivity contribution in [3.8, 4) is 0 Å². The first-order valence-electron chi connectivity index (χ1n) is 9.46. The molecule has 9 heteroatoms. The van der Waals surface area contributed by atoms with Crippen molar-refractivity contribution in [1.82, 2.24) is 19.6 Å². The van der Waals surface area contributed by atoms with E-state index >= 15 is 0 Å². The maximum Gasteiger partial charge on any atom is 0.453 e. The standard InChI is InChI=1S/C19H20F3N5O/c1-10-7-14(10)15-6-5-13(28-15)9-26(12-3-4-12)16-8-11(2)23-18-24-17(19(20,21)22)25-27(16)18/h5-6,8,10,12,14H,3-4,7,9H2,1-2H3/t10-,14-/m1/s1. The van der Waals surface area contributed by atoms with Gasteiger partial charge in [-0.2, -0.15) is 22.7 Å². The molecule has 5 rings (SSSR count). The molecular formula is C19H20F3N5O. The highest BCUT2D eigenvalue weighted by Crippen LogP contribution is 2.47. The number of rotatable bonds is 5. The van der Waals surface area contributed by atoms with E-state index in [9.17, 15) is 13.2 Å². The number of hydrogen-bond acceptors (Lipinski definition) is 5. The van der Waals surface area contributed by atoms with E-state index in [1.165, 1.54) is 4.52 Å². The molecule has 2 saturated carbocycles. The summed E-state index contributed by atoms with van der Waals surface area (Å²) in [6.07, 6.45) is -1.50. The van der Waals surface area contributed by atoms with Gasteiger partial charge < -0.3 is 9.32 Å². The van der Waals surface area contributed by atoms with E-state index in [1.54, 1.807) is 13.0 Å². The summed E-state index contributed by atoms with van der Waals surface area (Å²) < 4.78 is 46.5.